The molecule has 20 heavy (non-hydrogen) atoms. The summed E-state index contributed by atoms with van der Waals surface area (Å²) in [5.41, 5.74) is 1.23. The van der Waals surface area contributed by atoms with Gasteiger partial charge in [0.1, 0.15) is 6.10 Å². The molecule has 3 atom stereocenters. The van der Waals surface area contributed by atoms with Crippen molar-refractivity contribution in [3.8, 4) is 0 Å². The van der Waals surface area contributed by atoms with Crippen LogP contribution in [0.1, 0.15) is 31.7 Å². The Morgan fingerprint density at radius 3 is 2.70 bits per heavy atom. The second-order valence-electron chi connectivity index (χ2n) is 5.70. The van der Waals surface area contributed by atoms with Crippen LogP contribution in [0.25, 0.3) is 0 Å². The van der Waals surface area contributed by atoms with Crippen molar-refractivity contribution >= 4 is 11.8 Å². The van der Waals surface area contributed by atoms with Crippen molar-refractivity contribution in [2.75, 3.05) is 0 Å². The molecule has 0 radical (unpaired) electrons. The summed E-state index contributed by atoms with van der Waals surface area (Å²) in [5, 5.41) is 0. The van der Waals surface area contributed by atoms with Crippen LogP contribution in [0.5, 0.6) is 0 Å². The van der Waals surface area contributed by atoms with E-state index in [0.717, 1.165) is 13.0 Å². The van der Waals surface area contributed by atoms with E-state index in [9.17, 15) is 9.59 Å². The lowest BCUT2D eigenvalue weighted by Crippen LogP contribution is -2.46. The fourth-order valence-electron chi connectivity index (χ4n) is 3.42. The summed E-state index contributed by atoms with van der Waals surface area (Å²) in [6.45, 7) is 2.23. The average molecular weight is 273 g/mol. The molecule has 0 N–H and O–H groups in total. The number of esters is 1. The number of ketones is 1. The molecule has 1 aromatic carbocycles. The zero-order valence-electron chi connectivity index (χ0n) is 11.6. The van der Waals surface area contributed by atoms with Crippen LogP contribution in [-0.2, 0) is 20.9 Å². The van der Waals surface area contributed by atoms with E-state index in [1.807, 2.05) is 18.2 Å². The van der Waals surface area contributed by atoms with Gasteiger partial charge in [-0.15, -0.1) is 0 Å². The van der Waals surface area contributed by atoms with Crippen LogP contribution in [0.3, 0.4) is 0 Å². The van der Waals surface area contributed by atoms with Crippen molar-refractivity contribution in [1.82, 2.24) is 4.90 Å². The van der Waals surface area contributed by atoms with Gasteiger partial charge in [-0.3, -0.25) is 14.5 Å². The number of ether oxygens (including phenoxy) is 1. The fourth-order valence-corrected chi connectivity index (χ4v) is 3.42. The Hall–Kier alpha value is -1.68. The smallest absolute Gasteiger partial charge is 0.302 e. The number of rotatable bonds is 3. The van der Waals surface area contributed by atoms with Gasteiger partial charge < -0.3 is 4.74 Å². The third-order valence-electron chi connectivity index (χ3n) is 4.24. The summed E-state index contributed by atoms with van der Waals surface area (Å²) in [6, 6.07) is 10.3. The van der Waals surface area contributed by atoms with Crippen molar-refractivity contribution in [2.45, 2.75) is 50.9 Å². The molecule has 0 spiro atoms. The molecule has 0 aromatic heterocycles. The van der Waals surface area contributed by atoms with Gasteiger partial charge in [0, 0.05) is 38.8 Å². The lowest BCUT2D eigenvalue weighted by Gasteiger charge is -2.37. The van der Waals surface area contributed by atoms with Crippen LogP contribution >= 0.6 is 0 Å². The van der Waals surface area contributed by atoms with Crippen LogP contribution in [0.15, 0.2) is 30.3 Å². The van der Waals surface area contributed by atoms with E-state index in [1.54, 1.807) is 0 Å². The van der Waals surface area contributed by atoms with Gasteiger partial charge in [0.15, 0.2) is 5.78 Å². The molecule has 106 valence electrons. The first kappa shape index (κ1) is 13.3. The average Bonchev–Trinajstić information content (AvgIpc) is 2.58. The maximum absolute atomic E-state index is 12.1. The predicted octanol–water partition coefficient (Wildman–Crippen LogP) is 1.92. The van der Waals surface area contributed by atoms with Crippen molar-refractivity contribution in [1.29, 1.82) is 0 Å². The summed E-state index contributed by atoms with van der Waals surface area (Å²) in [7, 11) is 0. The largest absolute Gasteiger partial charge is 0.462 e. The lowest BCUT2D eigenvalue weighted by molar-refractivity contribution is -0.150. The SMILES string of the molecule is CC(=O)O[C@@H]1CC2CC(=O)[C@@H](C1)N2Cc1ccccc1. The normalized spacial score (nSPS) is 29.4. The molecule has 3 rings (SSSR count). The Labute approximate surface area is 118 Å². The highest BCUT2D eigenvalue weighted by Gasteiger charge is 2.46. The molecular weight excluding hydrogens is 254 g/mol. The summed E-state index contributed by atoms with van der Waals surface area (Å²) in [5.74, 6) is 0.0407. The monoisotopic (exact) mass is 273 g/mol. The minimum Gasteiger partial charge on any atom is -0.462 e. The number of carbonyl (C=O) groups is 2. The first-order valence-corrected chi connectivity index (χ1v) is 7.13. The van der Waals surface area contributed by atoms with Gasteiger partial charge in [-0.05, 0) is 5.56 Å². The van der Waals surface area contributed by atoms with Gasteiger partial charge in [0.25, 0.3) is 0 Å². The van der Waals surface area contributed by atoms with Gasteiger partial charge in [0.2, 0.25) is 0 Å². The molecule has 2 aliphatic heterocycles. The maximum atomic E-state index is 12.1. The van der Waals surface area contributed by atoms with Gasteiger partial charge in [-0.2, -0.15) is 0 Å². The molecule has 2 bridgehead atoms. The first-order chi connectivity index (χ1) is 9.63. The highest BCUT2D eigenvalue weighted by molar-refractivity contribution is 5.87. The van der Waals surface area contributed by atoms with Crippen LogP contribution in [0.2, 0.25) is 0 Å². The van der Waals surface area contributed by atoms with Crippen molar-refractivity contribution in [3.63, 3.8) is 0 Å². The number of fused-ring (bicyclic) bond motifs is 2. The summed E-state index contributed by atoms with van der Waals surface area (Å²) in [6.07, 6.45) is 1.91. The Kier molecular flexibility index (Phi) is 3.57. The second kappa shape index (κ2) is 5.37. The molecule has 4 nitrogen and oxygen atoms in total. The Morgan fingerprint density at radius 2 is 2.05 bits per heavy atom. The topological polar surface area (TPSA) is 46.6 Å². The van der Waals surface area contributed by atoms with Gasteiger partial charge >= 0.3 is 5.97 Å². The molecule has 4 heteroatoms. The molecule has 0 saturated carbocycles. The lowest BCUT2D eigenvalue weighted by atomic mass is 9.98. The Morgan fingerprint density at radius 1 is 1.30 bits per heavy atom. The molecular formula is C16H19NO3. The number of piperidine rings is 1. The second-order valence-corrected chi connectivity index (χ2v) is 5.70. The Bertz CT molecular complexity index is 514. The summed E-state index contributed by atoms with van der Waals surface area (Å²) >= 11 is 0. The Balaban J connectivity index is 1.72. The molecule has 0 amide bonds. The minimum atomic E-state index is -0.252. The van der Waals surface area contributed by atoms with Crippen LogP contribution < -0.4 is 0 Å². The molecule has 2 heterocycles. The van der Waals surface area contributed by atoms with E-state index in [4.69, 9.17) is 4.74 Å². The number of carbonyl (C=O) groups excluding carboxylic acids is 2. The summed E-state index contributed by atoms with van der Waals surface area (Å²) < 4.78 is 5.30. The number of nitrogens with zero attached hydrogens (tertiary/aromatic N) is 1. The quantitative estimate of drug-likeness (QED) is 0.789. The highest BCUT2D eigenvalue weighted by Crippen LogP contribution is 2.36. The summed E-state index contributed by atoms with van der Waals surface area (Å²) in [4.78, 5) is 25.5. The van der Waals surface area contributed by atoms with Crippen LogP contribution in [0, 0.1) is 0 Å². The van der Waals surface area contributed by atoms with Crippen molar-refractivity contribution in [3.05, 3.63) is 35.9 Å². The standard InChI is InChI=1S/C16H19NO3/c1-11(18)20-14-7-13-8-16(19)15(9-14)17(13)10-12-5-3-2-4-6-12/h2-6,13-15H,7-10H2,1H3/t13?,14-,15-/m1/s1. The van der Waals surface area contributed by atoms with E-state index in [0.29, 0.717) is 18.6 Å². The highest BCUT2D eigenvalue weighted by atomic mass is 16.5. The zero-order chi connectivity index (χ0) is 14.1. The predicted molar refractivity (Wildman–Crippen MR) is 74.0 cm³/mol. The maximum Gasteiger partial charge on any atom is 0.302 e. The molecule has 1 aromatic rings. The van der Waals surface area contributed by atoms with E-state index in [1.165, 1.54) is 12.5 Å². The van der Waals surface area contributed by atoms with E-state index in [-0.39, 0.29) is 24.2 Å². The first-order valence-electron chi connectivity index (χ1n) is 7.13. The van der Waals surface area contributed by atoms with Gasteiger partial charge in [0.05, 0.1) is 6.04 Å². The van der Waals surface area contributed by atoms with Crippen LogP contribution in [-0.4, -0.2) is 34.8 Å². The zero-order valence-corrected chi connectivity index (χ0v) is 11.6. The third kappa shape index (κ3) is 2.61. The number of Topliss-reactive ketones (excluding diaryl/α,β-unsaturated/α-hetero) is 1. The van der Waals surface area contributed by atoms with E-state index in [2.05, 4.69) is 17.0 Å². The van der Waals surface area contributed by atoms with Gasteiger partial charge in [-0.25, -0.2) is 0 Å². The molecule has 1 unspecified atom stereocenters. The fraction of sp³-hybridized carbons (Fsp3) is 0.500. The van der Waals surface area contributed by atoms with E-state index < -0.39 is 0 Å². The molecule has 2 saturated heterocycles. The number of hydrogen-bond acceptors (Lipinski definition) is 4. The van der Waals surface area contributed by atoms with Crippen molar-refractivity contribution < 1.29 is 14.3 Å². The van der Waals surface area contributed by atoms with Gasteiger partial charge in [-0.1, -0.05) is 30.3 Å². The number of benzene rings is 1. The third-order valence-corrected chi connectivity index (χ3v) is 4.24. The van der Waals surface area contributed by atoms with Crippen molar-refractivity contribution in [2.24, 2.45) is 0 Å². The molecule has 0 aliphatic carbocycles. The minimum absolute atomic E-state index is 0.0849. The molecule has 2 fully saturated rings. The van der Waals surface area contributed by atoms with E-state index >= 15 is 0 Å². The molecule has 2 aliphatic rings. The van der Waals surface area contributed by atoms with Crippen LogP contribution in [0.4, 0.5) is 0 Å². The number of hydrogen-bond donors (Lipinski definition) is 0.